The second-order valence-corrected chi connectivity index (χ2v) is 6.56. The van der Waals surface area contributed by atoms with E-state index in [-0.39, 0.29) is 18.0 Å². The number of aliphatic hydroxyl groups excluding tert-OH is 2. The van der Waals surface area contributed by atoms with E-state index in [0.717, 1.165) is 11.5 Å². The zero-order chi connectivity index (χ0) is 15.0. The quantitative estimate of drug-likeness (QED) is 0.602. The Bertz CT molecular complexity index is 555. The number of hydrogen-bond donors (Lipinski definition) is 4. The van der Waals surface area contributed by atoms with Crippen molar-refractivity contribution in [3.8, 4) is 0 Å². The molecule has 0 spiro atoms. The van der Waals surface area contributed by atoms with Crippen LogP contribution in [0, 0.1) is 0 Å². The monoisotopic (exact) mass is 309 g/mol. The molecule has 21 heavy (non-hydrogen) atoms. The van der Waals surface area contributed by atoms with E-state index >= 15 is 0 Å². The van der Waals surface area contributed by atoms with E-state index in [1.807, 2.05) is 0 Å². The molecule has 2 aliphatic heterocycles. The van der Waals surface area contributed by atoms with Crippen LogP contribution in [0.25, 0.3) is 0 Å². The largest absolute Gasteiger partial charge is 0.389 e. The number of aromatic nitrogens is 2. The molecule has 5 N–H and O–H groups in total. The highest BCUT2D eigenvalue weighted by atomic mass is 32.2. The Morgan fingerprint density at radius 2 is 2.14 bits per heavy atom. The number of hydrogen-bond acceptors (Lipinski definition) is 8. The molecule has 0 amide bonds. The molecule has 1 aromatic heterocycles. The lowest BCUT2D eigenvalue weighted by atomic mass is 9.94. The van der Waals surface area contributed by atoms with Gasteiger partial charge in [-0.2, -0.15) is 11.8 Å². The number of aliphatic hydroxyl groups is 2. The minimum Gasteiger partial charge on any atom is -0.389 e. The van der Waals surface area contributed by atoms with Crippen molar-refractivity contribution < 1.29 is 10.2 Å². The summed E-state index contributed by atoms with van der Waals surface area (Å²) in [4.78, 5) is 12.4. The molecule has 0 bridgehead atoms. The van der Waals surface area contributed by atoms with Crippen LogP contribution in [0.4, 0.5) is 11.5 Å². The molecule has 0 aromatic carbocycles. The molecular weight excluding hydrogens is 290 g/mol. The van der Waals surface area contributed by atoms with Crippen molar-refractivity contribution in [2.45, 2.75) is 37.1 Å². The SMILES string of the molecule is CCSC[C@@H]1N[C@H](C2C=Nc3c(N)ncnc32)[C@@H](O)[C@H]1O. The Labute approximate surface area is 127 Å². The second-order valence-electron chi connectivity index (χ2n) is 5.24. The third kappa shape index (κ3) is 2.52. The molecule has 5 atom stereocenters. The smallest absolute Gasteiger partial charge is 0.153 e. The van der Waals surface area contributed by atoms with Crippen molar-refractivity contribution in [2.75, 3.05) is 17.2 Å². The fraction of sp³-hybridized carbons (Fsp3) is 0.615. The Morgan fingerprint density at radius 3 is 2.90 bits per heavy atom. The Kier molecular flexibility index (Phi) is 4.12. The predicted molar refractivity (Wildman–Crippen MR) is 83.1 cm³/mol. The first kappa shape index (κ1) is 14.7. The van der Waals surface area contributed by atoms with E-state index < -0.39 is 12.2 Å². The summed E-state index contributed by atoms with van der Waals surface area (Å²) in [6.45, 7) is 2.07. The molecule has 8 heteroatoms. The Morgan fingerprint density at radius 1 is 1.33 bits per heavy atom. The van der Waals surface area contributed by atoms with Gasteiger partial charge in [0.25, 0.3) is 0 Å². The van der Waals surface area contributed by atoms with Crippen molar-refractivity contribution in [1.82, 2.24) is 15.3 Å². The van der Waals surface area contributed by atoms with Crippen LogP contribution in [0.15, 0.2) is 11.3 Å². The van der Waals surface area contributed by atoms with E-state index in [0.29, 0.717) is 17.2 Å². The molecule has 1 saturated heterocycles. The third-order valence-electron chi connectivity index (χ3n) is 3.98. The summed E-state index contributed by atoms with van der Waals surface area (Å²) in [5.74, 6) is 1.87. The van der Waals surface area contributed by atoms with Crippen LogP contribution in [0.3, 0.4) is 0 Å². The van der Waals surface area contributed by atoms with Crippen molar-refractivity contribution in [1.29, 1.82) is 0 Å². The van der Waals surface area contributed by atoms with Crippen LogP contribution < -0.4 is 11.1 Å². The van der Waals surface area contributed by atoms with Gasteiger partial charge in [0, 0.05) is 24.1 Å². The summed E-state index contributed by atoms with van der Waals surface area (Å²) < 4.78 is 0. The Balaban J connectivity index is 1.80. The number of thioether (sulfide) groups is 1. The molecule has 1 unspecified atom stereocenters. The average molecular weight is 309 g/mol. The van der Waals surface area contributed by atoms with E-state index in [1.54, 1.807) is 18.0 Å². The van der Waals surface area contributed by atoms with Gasteiger partial charge < -0.3 is 21.3 Å². The lowest BCUT2D eigenvalue weighted by molar-refractivity contribution is 0.0299. The predicted octanol–water partition coefficient (Wildman–Crippen LogP) is -0.326. The van der Waals surface area contributed by atoms with Crippen molar-refractivity contribution >= 4 is 29.5 Å². The van der Waals surface area contributed by atoms with Gasteiger partial charge >= 0.3 is 0 Å². The molecule has 2 aliphatic rings. The number of nitrogens with zero attached hydrogens (tertiary/aromatic N) is 3. The van der Waals surface area contributed by atoms with E-state index in [9.17, 15) is 10.2 Å². The number of aliphatic imine (C=N–C) groups is 1. The lowest BCUT2D eigenvalue weighted by Gasteiger charge is -2.21. The van der Waals surface area contributed by atoms with Crippen LogP contribution in [0.2, 0.25) is 0 Å². The summed E-state index contributed by atoms with van der Waals surface area (Å²) in [6, 6.07) is -0.451. The van der Waals surface area contributed by atoms with Crippen LogP contribution in [-0.4, -0.2) is 62.2 Å². The maximum atomic E-state index is 10.3. The number of nitrogens with one attached hydrogen (secondary N) is 1. The standard InChI is InChI=1S/C13H19N5O2S/c1-2-21-4-7-11(19)12(20)9(18-7)6-3-15-10-8(6)16-5-17-13(10)14/h3,5-7,9,11-12,18-20H,2,4H2,1H3,(H2,14,16,17)/t6?,7-,9+,11-,12+/m0/s1. The molecule has 3 rings (SSSR count). The zero-order valence-corrected chi connectivity index (χ0v) is 12.5. The van der Waals surface area contributed by atoms with Crippen molar-refractivity contribution in [3.63, 3.8) is 0 Å². The first-order valence-electron chi connectivity index (χ1n) is 6.98. The summed E-state index contributed by atoms with van der Waals surface area (Å²) in [5, 5.41) is 23.8. The molecule has 0 saturated carbocycles. The molecular formula is C13H19N5O2S. The van der Waals surface area contributed by atoms with Gasteiger partial charge in [-0.15, -0.1) is 0 Å². The molecule has 0 aliphatic carbocycles. The maximum Gasteiger partial charge on any atom is 0.153 e. The van der Waals surface area contributed by atoms with E-state index in [1.165, 1.54) is 6.33 Å². The first-order valence-corrected chi connectivity index (χ1v) is 8.13. The van der Waals surface area contributed by atoms with Gasteiger partial charge in [0.15, 0.2) is 5.82 Å². The van der Waals surface area contributed by atoms with Crippen LogP contribution in [0.1, 0.15) is 18.5 Å². The fourth-order valence-electron chi connectivity index (χ4n) is 2.87. The molecule has 1 aromatic rings. The highest BCUT2D eigenvalue weighted by molar-refractivity contribution is 7.99. The highest BCUT2D eigenvalue weighted by Crippen LogP contribution is 2.38. The van der Waals surface area contributed by atoms with Gasteiger partial charge in [-0.1, -0.05) is 6.92 Å². The van der Waals surface area contributed by atoms with Crippen LogP contribution >= 0.6 is 11.8 Å². The normalized spacial score (nSPS) is 34.3. The van der Waals surface area contributed by atoms with Gasteiger partial charge in [-0.25, -0.2) is 9.97 Å². The minimum absolute atomic E-state index is 0.133. The molecule has 1 fully saturated rings. The van der Waals surface area contributed by atoms with Gasteiger partial charge in [0.2, 0.25) is 0 Å². The topological polar surface area (TPSA) is 117 Å². The fourth-order valence-corrected chi connectivity index (χ4v) is 3.66. The van der Waals surface area contributed by atoms with E-state index in [2.05, 4.69) is 27.2 Å². The van der Waals surface area contributed by atoms with Gasteiger partial charge in [0.05, 0.1) is 23.8 Å². The summed E-state index contributed by atoms with van der Waals surface area (Å²) >= 11 is 1.73. The minimum atomic E-state index is -0.856. The molecule has 3 heterocycles. The highest BCUT2D eigenvalue weighted by Gasteiger charge is 2.46. The number of nitrogens with two attached hydrogens (primary N) is 1. The summed E-state index contributed by atoms with van der Waals surface area (Å²) in [7, 11) is 0. The third-order valence-corrected chi connectivity index (χ3v) is 4.99. The van der Waals surface area contributed by atoms with Crippen LogP contribution in [-0.2, 0) is 0 Å². The zero-order valence-electron chi connectivity index (χ0n) is 11.7. The summed E-state index contributed by atoms with van der Waals surface area (Å²) in [5.41, 5.74) is 7.06. The van der Waals surface area contributed by atoms with Crippen molar-refractivity contribution in [3.05, 3.63) is 12.0 Å². The lowest BCUT2D eigenvalue weighted by Crippen LogP contribution is -2.39. The second kappa shape index (κ2) is 5.88. The maximum absolute atomic E-state index is 10.3. The number of nitrogen functional groups attached to an aromatic ring is 1. The first-order chi connectivity index (χ1) is 10.1. The van der Waals surface area contributed by atoms with Crippen molar-refractivity contribution in [2.24, 2.45) is 4.99 Å². The number of rotatable bonds is 4. The molecule has 114 valence electrons. The summed E-state index contributed by atoms with van der Waals surface area (Å²) in [6.07, 6.45) is 1.48. The Hall–Kier alpha value is -1.22. The van der Waals surface area contributed by atoms with Gasteiger partial charge in [-0.3, -0.25) is 4.99 Å². The number of fused-ring (bicyclic) bond motifs is 1. The molecule has 7 nitrogen and oxygen atoms in total. The van der Waals surface area contributed by atoms with Gasteiger partial charge in [0.1, 0.15) is 12.0 Å². The van der Waals surface area contributed by atoms with Crippen LogP contribution in [0.5, 0.6) is 0 Å². The van der Waals surface area contributed by atoms with E-state index in [4.69, 9.17) is 5.73 Å². The molecule has 0 radical (unpaired) electrons. The number of anilines is 1. The average Bonchev–Trinajstić information content (AvgIpc) is 3.02. The van der Waals surface area contributed by atoms with Gasteiger partial charge in [-0.05, 0) is 5.75 Å².